The van der Waals surface area contributed by atoms with E-state index in [0.717, 1.165) is 12.8 Å². The van der Waals surface area contributed by atoms with E-state index in [-0.39, 0.29) is 36.0 Å². The molecule has 2 atom stereocenters. The van der Waals surface area contributed by atoms with Gasteiger partial charge in [0, 0.05) is 46.2 Å². The van der Waals surface area contributed by atoms with E-state index < -0.39 is 0 Å². The summed E-state index contributed by atoms with van der Waals surface area (Å²) in [5, 5.41) is 2.78. The average Bonchev–Trinajstić information content (AvgIpc) is 2.83. The molecule has 0 aromatic carbocycles. The Kier molecular flexibility index (Phi) is 5.17. The van der Waals surface area contributed by atoms with Gasteiger partial charge in [0.2, 0.25) is 17.7 Å². The van der Waals surface area contributed by atoms with Gasteiger partial charge in [-0.25, -0.2) is 0 Å². The van der Waals surface area contributed by atoms with Gasteiger partial charge in [-0.2, -0.15) is 0 Å². The molecule has 2 aliphatic heterocycles. The lowest BCUT2D eigenvalue weighted by atomic mass is 9.95. The Morgan fingerprint density at radius 2 is 2.10 bits per heavy atom. The fraction of sp³-hybridized carbons (Fsp3) is 0.786. The second kappa shape index (κ2) is 6.89. The van der Waals surface area contributed by atoms with Gasteiger partial charge >= 0.3 is 0 Å². The summed E-state index contributed by atoms with van der Waals surface area (Å²) in [5.74, 6) is -0.429. The SMILES string of the molecule is CN1CC(C(=O)N2CCCC(C(=O)NCCN)C2)CC1=O. The molecular formula is C14H24N4O3. The van der Waals surface area contributed by atoms with Crippen LogP contribution in [0.15, 0.2) is 0 Å². The first-order valence-electron chi connectivity index (χ1n) is 7.53. The third kappa shape index (κ3) is 3.72. The van der Waals surface area contributed by atoms with Gasteiger partial charge in [0.15, 0.2) is 0 Å². The van der Waals surface area contributed by atoms with Crippen molar-refractivity contribution in [3.8, 4) is 0 Å². The molecule has 2 aliphatic rings. The van der Waals surface area contributed by atoms with Crippen LogP contribution in [0.3, 0.4) is 0 Å². The minimum atomic E-state index is -0.256. The summed E-state index contributed by atoms with van der Waals surface area (Å²) in [5.41, 5.74) is 5.37. The van der Waals surface area contributed by atoms with Crippen LogP contribution >= 0.6 is 0 Å². The van der Waals surface area contributed by atoms with Crippen molar-refractivity contribution in [2.45, 2.75) is 19.3 Å². The molecule has 0 saturated carbocycles. The lowest BCUT2D eigenvalue weighted by Gasteiger charge is -2.33. The van der Waals surface area contributed by atoms with E-state index in [1.54, 1.807) is 16.8 Å². The molecule has 7 nitrogen and oxygen atoms in total. The Bertz CT molecular complexity index is 426. The predicted octanol–water partition coefficient (Wildman–Crippen LogP) is -1.22. The van der Waals surface area contributed by atoms with Gasteiger partial charge in [-0.1, -0.05) is 0 Å². The van der Waals surface area contributed by atoms with Gasteiger partial charge in [0.25, 0.3) is 0 Å². The molecular weight excluding hydrogens is 272 g/mol. The normalized spacial score (nSPS) is 26.1. The average molecular weight is 296 g/mol. The first-order valence-corrected chi connectivity index (χ1v) is 7.53. The minimum absolute atomic E-state index is 0.00373. The maximum atomic E-state index is 12.5. The molecule has 2 heterocycles. The van der Waals surface area contributed by atoms with E-state index in [9.17, 15) is 14.4 Å². The molecule has 0 bridgehead atoms. The van der Waals surface area contributed by atoms with E-state index in [1.807, 2.05) is 0 Å². The van der Waals surface area contributed by atoms with Gasteiger partial charge < -0.3 is 20.9 Å². The highest BCUT2D eigenvalue weighted by molar-refractivity contribution is 5.89. The quantitative estimate of drug-likeness (QED) is 0.679. The molecule has 0 radical (unpaired) electrons. The van der Waals surface area contributed by atoms with Crippen molar-refractivity contribution in [3.05, 3.63) is 0 Å². The van der Waals surface area contributed by atoms with Crippen LogP contribution in [0.5, 0.6) is 0 Å². The molecule has 0 aliphatic carbocycles. The standard InChI is InChI=1S/C14H24N4O3/c1-17-8-11(7-12(17)19)14(21)18-6-2-3-10(9-18)13(20)16-5-4-15/h10-11H,2-9,15H2,1H3,(H,16,20). The van der Waals surface area contributed by atoms with Crippen LogP contribution in [0.4, 0.5) is 0 Å². The molecule has 118 valence electrons. The van der Waals surface area contributed by atoms with Crippen molar-refractivity contribution in [1.29, 1.82) is 0 Å². The number of likely N-dealkylation sites (tertiary alicyclic amines) is 2. The largest absolute Gasteiger partial charge is 0.355 e. The number of nitrogens with one attached hydrogen (secondary N) is 1. The lowest BCUT2D eigenvalue weighted by molar-refractivity contribution is -0.139. The van der Waals surface area contributed by atoms with Crippen molar-refractivity contribution >= 4 is 17.7 Å². The van der Waals surface area contributed by atoms with Crippen LogP contribution < -0.4 is 11.1 Å². The summed E-state index contributed by atoms with van der Waals surface area (Å²) >= 11 is 0. The molecule has 0 aromatic heterocycles. The number of hydrogen-bond acceptors (Lipinski definition) is 4. The van der Waals surface area contributed by atoms with E-state index >= 15 is 0 Å². The zero-order valence-electron chi connectivity index (χ0n) is 12.5. The Balaban J connectivity index is 1.90. The Hall–Kier alpha value is -1.63. The summed E-state index contributed by atoms with van der Waals surface area (Å²) in [6, 6.07) is 0. The molecule has 2 saturated heterocycles. The smallest absolute Gasteiger partial charge is 0.228 e. The number of rotatable bonds is 4. The number of carbonyl (C=O) groups excluding carboxylic acids is 3. The monoisotopic (exact) mass is 296 g/mol. The summed E-state index contributed by atoms with van der Waals surface area (Å²) in [7, 11) is 1.72. The maximum absolute atomic E-state index is 12.5. The summed E-state index contributed by atoms with van der Waals surface area (Å²) < 4.78 is 0. The summed E-state index contributed by atoms with van der Waals surface area (Å²) in [6.07, 6.45) is 1.91. The van der Waals surface area contributed by atoms with Crippen molar-refractivity contribution in [2.75, 3.05) is 39.8 Å². The third-order valence-electron chi connectivity index (χ3n) is 4.24. The maximum Gasteiger partial charge on any atom is 0.228 e. The predicted molar refractivity (Wildman–Crippen MR) is 77.1 cm³/mol. The second-order valence-corrected chi connectivity index (χ2v) is 5.88. The van der Waals surface area contributed by atoms with Gasteiger partial charge in [0.1, 0.15) is 0 Å². The first kappa shape index (κ1) is 15.8. The fourth-order valence-electron chi connectivity index (χ4n) is 3.02. The van der Waals surface area contributed by atoms with Crippen LogP contribution in [-0.4, -0.2) is 67.3 Å². The molecule has 0 aromatic rings. The number of nitrogens with zero attached hydrogens (tertiary/aromatic N) is 2. The molecule has 3 amide bonds. The molecule has 7 heteroatoms. The number of piperidine rings is 1. The second-order valence-electron chi connectivity index (χ2n) is 5.88. The Morgan fingerprint density at radius 1 is 1.33 bits per heavy atom. The van der Waals surface area contributed by atoms with Gasteiger partial charge in [-0.05, 0) is 12.8 Å². The lowest BCUT2D eigenvalue weighted by Crippen LogP contribution is -2.48. The number of amides is 3. The summed E-state index contributed by atoms with van der Waals surface area (Å²) in [6.45, 7) is 2.48. The van der Waals surface area contributed by atoms with Crippen molar-refractivity contribution in [2.24, 2.45) is 17.6 Å². The summed E-state index contributed by atoms with van der Waals surface area (Å²) in [4.78, 5) is 39.3. The highest BCUT2D eigenvalue weighted by atomic mass is 16.2. The van der Waals surface area contributed by atoms with Gasteiger partial charge in [0.05, 0.1) is 11.8 Å². The molecule has 2 unspecified atom stereocenters. The van der Waals surface area contributed by atoms with Crippen LogP contribution in [0.1, 0.15) is 19.3 Å². The fourth-order valence-corrected chi connectivity index (χ4v) is 3.02. The van der Waals surface area contributed by atoms with Crippen LogP contribution in [0.25, 0.3) is 0 Å². The number of carbonyl (C=O) groups is 3. The van der Waals surface area contributed by atoms with Crippen LogP contribution in [-0.2, 0) is 14.4 Å². The minimum Gasteiger partial charge on any atom is -0.355 e. The van der Waals surface area contributed by atoms with Crippen LogP contribution in [0.2, 0.25) is 0 Å². The molecule has 2 fully saturated rings. The molecule has 0 spiro atoms. The molecule has 21 heavy (non-hydrogen) atoms. The highest BCUT2D eigenvalue weighted by Gasteiger charge is 2.37. The third-order valence-corrected chi connectivity index (χ3v) is 4.24. The van der Waals surface area contributed by atoms with Crippen molar-refractivity contribution in [3.63, 3.8) is 0 Å². The van der Waals surface area contributed by atoms with Gasteiger partial charge in [-0.15, -0.1) is 0 Å². The zero-order chi connectivity index (χ0) is 15.4. The van der Waals surface area contributed by atoms with Crippen LogP contribution in [0, 0.1) is 11.8 Å². The van der Waals surface area contributed by atoms with E-state index in [2.05, 4.69) is 5.32 Å². The first-order chi connectivity index (χ1) is 10.0. The zero-order valence-corrected chi connectivity index (χ0v) is 12.5. The van der Waals surface area contributed by atoms with Crippen molar-refractivity contribution < 1.29 is 14.4 Å². The van der Waals surface area contributed by atoms with Crippen molar-refractivity contribution in [1.82, 2.24) is 15.1 Å². The molecule has 3 N–H and O–H groups in total. The Morgan fingerprint density at radius 3 is 2.71 bits per heavy atom. The van der Waals surface area contributed by atoms with Gasteiger partial charge in [-0.3, -0.25) is 14.4 Å². The number of hydrogen-bond donors (Lipinski definition) is 2. The highest BCUT2D eigenvalue weighted by Crippen LogP contribution is 2.23. The topological polar surface area (TPSA) is 95.7 Å². The Labute approximate surface area is 124 Å². The number of nitrogens with two attached hydrogens (primary N) is 1. The van der Waals surface area contributed by atoms with E-state index in [0.29, 0.717) is 32.7 Å². The van der Waals surface area contributed by atoms with E-state index in [4.69, 9.17) is 5.73 Å². The van der Waals surface area contributed by atoms with E-state index in [1.165, 1.54) is 0 Å². The molecule has 2 rings (SSSR count).